The zero-order valence-corrected chi connectivity index (χ0v) is 35.2. The molecule has 54 heavy (non-hydrogen) atoms. The Morgan fingerprint density at radius 2 is 0.926 bits per heavy atom. The molecule has 0 aliphatic rings. The maximum atomic E-state index is 13.1. The summed E-state index contributed by atoms with van der Waals surface area (Å²) in [6, 6.07) is 0. The van der Waals surface area contributed by atoms with E-state index in [4.69, 9.17) is 19.1 Å². The molecule has 0 aliphatic carbocycles. The van der Waals surface area contributed by atoms with Crippen LogP contribution in [-0.2, 0) is 37.7 Å². The Morgan fingerprint density at radius 3 is 1.28 bits per heavy atom. The van der Waals surface area contributed by atoms with Gasteiger partial charge in [0.25, 0.3) is 0 Å². The second-order valence-electron chi connectivity index (χ2n) is 14.8. The van der Waals surface area contributed by atoms with Crippen LogP contribution in [0.2, 0.25) is 0 Å². The van der Waals surface area contributed by atoms with E-state index in [9.17, 15) is 33.7 Å². The number of carboxylic acid groups (broad SMARTS) is 2. The molecular weight excluding hydrogens is 713 g/mol. The molecule has 0 aromatic carbocycles. The Kier molecular flexibility index (Phi) is 34.1. The molecule has 13 heteroatoms. The first-order chi connectivity index (χ1) is 26.0. The average molecular weight is 792 g/mol. The SMILES string of the molecule is CCCCCCCCCCCCCCCC(=O)OC[C@H](COP(=O)(O)C(C(=O)O)N(CC)CC(=O)O)OC(=O)CCCCCCCCCCCCCCC. The normalized spacial score (nSPS) is 13.7. The summed E-state index contributed by atoms with van der Waals surface area (Å²) in [7, 11) is -5.00. The van der Waals surface area contributed by atoms with Crippen LogP contribution in [0.15, 0.2) is 0 Å². The average Bonchev–Trinajstić information content (AvgIpc) is 3.12. The summed E-state index contributed by atoms with van der Waals surface area (Å²) in [6.45, 7) is 3.83. The van der Waals surface area contributed by atoms with Gasteiger partial charge < -0.3 is 29.1 Å². The fraction of sp³-hybridized carbons (Fsp3) is 0.902. The van der Waals surface area contributed by atoms with E-state index in [0.29, 0.717) is 12.8 Å². The number of carbonyl (C=O) groups excluding carboxylic acids is 2. The van der Waals surface area contributed by atoms with Gasteiger partial charge in [-0.25, -0.2) is 4.79 Å². The lowest BCUT2D eigenvalue weighted by molar-refractivity contribution is -0.161. The number of likely N-dealkylation sites (N-methyl/N-ethyl adjacent to an activating group) is 1. The van der Waals surface area contributed by atoms with Gasteiger partial charge in [-0.3, -0.25) is 23.8 Å². The predicted molar refractivity (Wildman–Crippen MR) is 214 cm³/mol. The summed E-state index contributed by atoms with van der Waals surface area (Å²) in [5.74, 6) is -6.34. The van der Waals surface area contributed by atoms with Gasteiger partial charge in [-0.05, 0) is 19.4 Å². The zero-order chi connectivity index (χ0) is 40.3. The van der Waals surface area contributed by atoms with Crippen molar-refractivity contribution in [1.29, 1.82) is 0 Å². The summed E-state index contributed by atoms with van der Waals surface area (Å²) in [5, 5.41) is 18.8. The fourth-order valence-corrected chi connectivity index (χ4v) is 7.96. The Bertz CT molecular complexity index is 1010. The number of ether oxygens (including phenoxy) is 2. The third-order valence-electron chi connectivity index (χ3n) is 9.76. The standard InChI is InChI=1S/C41H78NO11P/c1-4-7-9-11-13-15-17-19-21-23-25-27-29-31-38(45)51-34-36(35-52-54(49,50)40(41(47)48)42(6-3)33-37(43)44)53-39(46)32-30-28-26-24-22-20-18-16-14-12-10-8-5-2/h36,40H,4-35H2,1-3H3,(H,43,44)(H,47,48)(H,49,50)/t36-,40?/m1/s1. The van der Waals surface area contributed by atoms with Crippen LogP contribution < -0.4 is 0 Å². The lowest BCUT2D eigenvalue weighted by Crippen LogP contribution is -2.44. The van der Waals surface area contributed by atoms with Gasteiger partial charge in [0.15, 0.2) is 6.10 Å². The van der Waals surface area contributed by atoms with Gasteiger partial charge >= 0.3 is 31.5 Å². The number of carboxylic acids is 2. The van der Waals surface area contributed by atoms with E-state index >= 15 is 0 Å². The maximum absolute atomic E-state index is 13.1. The molecule has 0 bridgehead atoms. The van der Waals surface area contributed by atoms with Crippen molar-refractivity contribution in [2.24, 2.45) is 0 Å². The molecule has 0 radical (unpaired) electrons. The van der Waals surface area contributed by atoms with Gasteiger partial charge in [0, 0.05) is 12.8 Å². The largest absolute Gasteiger partial charge is 0.480 e. The van der Waals surface area contributed by atoms with Gasteiger partial charge in [0.05, 0.1) is 13.2 Å². The molecule has 318 valence electrons. The molecule has 0 amide bonds. The highest BCUT2D eigenvalue weighted by Gasteiger charge is 2.44. The summed E-state index contributed by atoms with van der Waals surface area (Å²) < 4.78 is 29.1. The number of nitrogens with zero attached hydrogens (tertiary/aromatic N) is 1. The number of unbranched alkanes of at least 4 members (excludes halogenated alkanes) is 24. The smallest absolute Gasteiger partial charge is 0.356 e. The molecule has 0 rings (SSSR count). The van der Waals surface area contributed by atoms with Gasteiger partial charge in [0.1, 0.15) is 6.61 Å². The first-order valence-corrected chi connectivity index (χ1v) is 23.1. The van der Waals surface area contributed by atoms with Crippen molar-refractivity contribution >= 4 is 31.5 Å². The highest BCUT2D eigenvalue weighted by Crippen LogP contribution is 2.49. The monoisotopic (exact) mass is 792 g/mol. The van der Waals surface area contributed by atoms with Gasteiger partial charge in [-0.2, -0.15) is 0 Å². The van der Waals surface area contributed by atoms with Crippen molar-refractivity contribution in [2.45, 2.75) is 212 Å². The maximum Gasteiger partial charge on any atom is 0.356 e. The van der Waals surface area contributed by atoms with Crippen molar-refractivity contribution < 1.29 is 52.8 Å². The summed E-state index contributed by atoms with van der Waals surface area (Å²) >= 11 is 0. The van der Waals surface area contributed by atoms with E-state index in [1.165, 1.54) is 122 Å². The molecule has 0 saturated heterocycles. The molecule has 0 spiro atoms. The van der Waals surface area contributed by atoms with Crippen LogP contribution in [0.5, 0.6) is 0 Å². The van der Waals surface area contributed by atoms with Crippen LogP contribution >= 0.6 is 7.60 Å². The van der Waals surface area contributed by atoms with Crippen LogP contribution in [0.1, 0.15) is 201 Å². The van der Waals surface area contributed by atoms with Gasteiger partial charge in [-0.15, -0.1) is 0 Å². The second-order valence-corrected chi connectivity index (χ2v) is 16.7. The third kappa shape index (κ3) is 30.2. The van der Waals surface area contributed by atoms with Crippen LogP contribution in [-0.4, -0.2) is 82.1 Å². The zero-order valence-electron chi connectivity index (χ0n) is 34.3. The van der Waals surface area contributed by atoms with E-state index in [-0.39, 0.29) is 19.4 Å². The summed E-state index contributed by atoms with van der Waals surface area (Å²) in [6.07, 6.45) is 29.4. The van der Waals surface area contributed by atoms with Crippen molar-refractivity contribution in [3.8, 4) is 0 Å². The Labute approximate surface area is 327 Å². The third-order valence-corrected chi connectivity index (χ3v) is 11.4. The van der Waals surface area contributed by atoms with Crippen LogP contribution in [0.25, 0.3) is 0 Å². The van der Waals surface area contributed by atoms with Crippen molar-refractivity contribution in [3.63, 3.8) is 0 Å². The molecule has 0 saturated carbocycles. The minimum absolute atomic E-state index is 0.109. The second kappa shape index (κ2) is 35.4. The van der Waals surface area contributed by atoms with Crippen LogP contribution in [0.3, 0.4) is 0 Å². The molecule has 0 aromatic rings. The van der Waals surface area contributed by atoms with E-state index in [2.05, 4.69) is 13.8 Å². The Hall–Kier alpha value is -2.01. The first kappa shape index (κ1) is 52.0. The predicted octanol–water partition coefficient (Wildman–Crippen LogP) is 10.4. The summed E-state index contributed by atoms with van der Waals surface area (Å²) in [5.41, 5.74) is 0. The highest BCUT2D eigenvalue weighted by atomic mass is 31.2. The van der Waals surface area contributed by atoms with Crippen molar-refractivity contribution in [1.82, 2.24) is 4.90 Å². The number of aliphatic carboxylic acids is 2. The number of rotatable bonds is 40. The van der Waals surface area contributed by atoms with E-state index in [1.807, 2.05) is 0 Å². The Balaban J connectivity index is 4.79. The molecule has 0 fully saturated rings. The van der Waals surface area contributed by atoms with Gasteiger partial charge in [-0.1, -0.05) is 175 Å². The molecule has 2 unspecified atom stereocenters. The number of hydrogen-bond donors (Lipinski definition) is 3. The van der Waals surface area contributed by atoms with Gasteiger partial charge in [0.2, 0.25) is 5.78 Å². The van der Waals surface area contributed by atoms with Crippen LogP contribution in [0.4, 0.5) is 0 Å². The lowest BCUT2D eigenvalue weighted by Gasteiger charge is -2.29. The molecule has 3 atom stereocenters. The molecule has 0 heterocycles. The Morgan fingerprint density at radius 1 is 0.556 bits per heavy atom. The minimum atomic E-state index is -5.00. The van der Waals surface area contributed by atoms with E-state index in [1.54, 1.807) is 0 Å². The minimum Gasteiger partial charge on any atom is -0.480 e. The molecule has 0 aromatic heterocycles. The molecule has 3 N–H and O–H groups in total. The quantitative estimate of drug-likeness (QED) is 0.0304. The molecule has 12 nitrogen and oxygen atoms in total. The van der Waals surface area contributed by atoms with Crippen molar-refractivity contribution in [3.05, 3.63) is 0 Å². The fourth-order valence-electron chi connectivity index (χ4n) is 6.50. The van der Waals surface area contributed by atoms with Crippen LogP contribution in [0, 0.1) is 0 Å². The topological polar surface area (TPSA) is 177 Å². The van der Waals surface area contributed by atoms with E-state index < -0.39 is 63.1 Å². The molecule has 0 aliphatic heterocycles. The number of carbonyl (C=O) groups is 4. The lowest BCUT2D eigenvalue weighted by atomic mass is 10.0. The first-order valence-electron chi connectivity index (χ1n) is 21.5. The highest BCUT2D eigenvalue weighted by molar-refractivity contribution is 7.54. The van der Waals surface area contributed by atoms with Crippen molar-refractivity contribution in [2.75, 3.05) is 26.3 Å². The summed E-state index contributed by atoms with van der Waals surface area (Å²) in [4.78, 5) is 59.9. The van der Waals surface area contributed by atoms with E-state index in [0.717, 1.165) is 43.4 Å². The number of hydrogen-bond acceptors (Lipinski definition) is 9. The molecular formula is C41H78NO11P. The number of esters is 2.